The lowest BCUT2D eigenvalue weighted by Crippen LogP contribution is -2.29. The smallest absolute Gasteiger partial charge is 0.361 e. The number of nitrogens with one attached hydrogen (secondary N) is 3. The van der Waals surface area contributed by atoms with Crippen LogP contribution in [0.4, 0.5) is 24.5 Å². The van der Waals surface area contributed by atoms with Crippen molar-refractivity contribution in [1.29, 1.82) is 5.41 Å². The molecule has 0 radical (unpaired) electrons. The Kier molecular flexibility index (Phi) is 7.26. The maximum Gasteiger partial charge on any atom is 0.516 e. The fourth-order valence-electron chi connectivity index (χ4n) is 2.34. The molecule has 2 aromatic rings. The van der Waals surface area contributed by atoms with Gasteiger partial charge in [-0.2, -0.15) is 21.6 Å². The van der Waals surface area contributed by atoms with Gasteiger partial charge in [-0.1, -0.05) is 31.0 Å². The molecule has 0 amide bonds. The standard InChI is InChI=1S/C18H18ClF3N4O2S/c1-2-3-13-8-14(6-7-24-13)25-11-12(10-23)16-5-4-15(9-17(16)19)26-29(27,28)18(20,21)22/h4-11,23,26H,2-3H2,1H3,(H,24,25)/b12-11+,23-10?. The molecule has 156 valence electrons. The Morgan fingerprint density at radius 3 is 2.55 bits per heavy atom. The Morgan fingerprint density at radius 2 is 1.97 bits per heavy atom. The second kappa shape index (κ2) is 9.27. The summed E-state index contributed by atoms with van der Waals surface area (Å²) in [5, 5.41) is 10.6. The van der Waals surface area contributed by atoms with E-state index in [9.17, 15) is 21.6 Å². The maximum absolute atomic E-state index is 12.5. The highest BCUT2D eigenvalue weighted by atomic mass is 35.5. The van der Waals surface area contributed by atoms with E-state index < -0.39 is 15.5 Å². The summed E-state index contributed by atoms with van der Waals surface area (Å²) in [4.78, 5) is 4.24. The molecule has 0 aliphatic heterocycles. The van der Waals surface area contributed by atoms with Crippen molar-refractivity contribution >= 4 is 44.8 Å². The Labute approximate surface area is 171 Å². The number of allylic oxidation sites excluding steroid dienone is 1. The Hall–Kier alpha value is -2.59. The van der Waals surface area contributed by atoms with Crippen molar-refractivity contribution in [3.05, 3.63) is 59.0 Å². The van der Waals surface area contributed by atoms with Crippen molar-refractivity contribution in [2.45, 2.75) is 25.3 Å². The summed E-state index contributed by atoms with van der Waals surface area (Å²) in [6, 6.07) is 7.10. The lowest BCUT2D eigenvalue weighted by Gasteiger charge is -2.12. The molecule has 0 fully saturated rings. The van der Waals surface area contributed by atoms with Gasteiger partial charge < -0.3 is 10.7 Å². The zero-order chi connectivity index (χ0) is 21.7. The number of nitrogens with zero attached hydrogens (tertiary/aromatic N) is 1. The minimum Gasteiger partial charge on any atom is -0.361 e. The topological polar surface area (TPSA) is 94.9 Å². The highest BCUT2D eigenvalue weighted by Crippen LogP contribution is 2.30. The summed E-state index contributed by atoms with van der Waals surface area (Å²) >= 11 is 6.10. The summed E-state index contributed by atoms with van der Waals surface area (Å²) in [5.74, 6) is 0. The third-order valence-corrected chi connectivity index (χ3v) is 5.14. The summed E-state index contributed by atoms with van der Waals surface area (Å²) in [6.07, 6.45) is 5.94. The Balaban J connectivity index is 2.24. The molecular formula is C18H18ClF3N4O2S. The van der Waals surface area contributed by atoms with E-state index >= 15 is 0 Å². The third kappa shape index (κ3) is 5.94. The number of sulfonamides is 1. The number of pyridine rings is 1. The number of hydrogen-bond donors (Lipinski definition) is 3. The summed E-state index contributed by atoms with van der Waals surface area (Å²) in [6.45, 7) is 2.04. The van der Waals surface area contributed by atoms with Crippen molar-refractivity contribution in [3.63, 3.8) is 0 Å². The fourth-order valence-corrected chi connectivity index (χ4v) is 3.19. The number of halogens is 4. The molecule has 0 unspecified atom stereocenters. The van der Waals surface area contributed by atoms with Gasteiger partial charge in [-0.05, 0) is 30.7 Å². The number of hydrogen-bond acceptors (Lipinski definition) is 5. The average molecular weight is 447 g/mol. The van der Waals surface area contributed by atoms with E-state index in [1.165, 1.54) is 17.0 Å². The van der Waals surface area contributed by atoms with Crippen LogP contribution in [-0.4, -0.2) is 25.1 Å². The van der Waals surface area contributed by atoms with Crippen molar-refractivity contribution in [1.82, 2.24) is 4.98 Å². The molecule has 1 heterocycles. The van der Waals surface area contributed by atoms with E-state index in [2.05, 4.69) is 10.3 Å². The molecule has 11 heteroatoms. The van der Waals surface area contributed by atoms with E-state index in [1.807, 2.05) is 13.0 Å². The van der Waals surface area contributed by atoms with Gasteiger partial charge in [-0.15, -0.1) is 0 Å². The van der Waals surface area contributed by atoms with Crippen LogP contribution in [0, 0.1) is 5.41 Å². The summed E-state index contributed by atoms with van der Waals surface area (Å²) in [7, 11) is -5.55. The minimum atomic E-state index is -5.55. The van der Waals surface area contributed by atoms with Gasteiger partial charge in [0.2, 0.25) is 0 Å². The van der Waals surface area contributed by atoms with Crippen molar-refractivity contribution in [3.8, 4) is 0 Å². The van der Waals surface area contributed by atoms with Crippen LogP contribution < -0.4 is 10.0 Å². The lowest BCUT2D eigenvalue weighted by atomic mass is 10.1. The first-order valence-corrected chi connectivity index (χ1v) is 10.2. The normalized spacial score (nSPS) is 12.5. The molecule has 0 aliphatic rings. The zero-order valence-electron chi connectivity index (χ0n) is 15.2. The SMILES string of the molecule is CCCc1cc(N/C=C(\C=N)c2ccc(NS(=O)(=O)C(F)(F)F)cc2Cl)ccn1. The first-order chi connectivity index (χ1) is 13.6. The monoisotopic (exact) mass is 446 g/mol. The number of alkyl halides is 3. The van der Waals surface area contributed by atoms with E-state index in [0.29, 0.717) is 11.1 Å². The molecule has 0 saturated carbocycles. The van der Waals surface area contributed by atoms with E-state index in [1.54, 1.807) is 12.3 Å². The molecule has 0 atom stereocenters. The van der Waals surface area contributed by atoms with Gasteiger partial charge in [-0.3, -0.25) is 9.71 Å². The van der Waals surface area contributed by atoms with Crippen LogP contribution in [0.3, 0.4) is 0 Å². The number of aromatic nitrogens is 1. The maximum atomic E-state index is 12.5. The predicted octanol–water partition coefficient (Wildman–Crippen LogP) is 5.05. The van der Waals surface area contributed by atoms with Crippen molar-refractivity contribution in [2.24, 2.45) is 0 Å². The van der Waals surface area contributed by atoms with Crippen LogP contribution in [0.1, 0.15) is 24.6 Å². The second-order valence-electron chi connectivity index (χ2n) is 5.92. The van der Waals surface area contributed by atoms with E-state index in [0.717, 1.165) is 42.6 Å². The van der Waals surface area contributed by atoms with E-state index in [4.69, 9.17) is 17.0 Å². The largest absolute Gasteiger partial charge is 0.516 e. The van der Waals surface area contributed by atoms with Crippen LogP contribution >= 0.6 is 11.6 Å². The molecule has 1 aromatic carbocycles. The third-order valence-electron chi connectivity index (χ3n) is 3.71. The molecule has 0 spiro atoms. The van der Waals surface area contributed by atoms with Gasteiger partial charge in [0.15, 0.2) is 0 Å². The van der Waals surface area contributed by atoms with Crippen LogP contribution in [0.15, 0.2) is 42.7 Å². The van der Waals surface area contributed by atoms with Crippen LogP contribution in [0.5, 0.6) is 0 Å². The molecule has 0 saturated heterocycles. The molecule has 6 nitrogen and oxygen atoms in total. The van der Waals surface area contributed by atoms with Crippen molar-refractivity contribution < 1.29 is 21.6 Å². The highest BCUT2D eigenvalue weighted by molar-refractivity contribution is 7.93. The molecular weight excluding hydrogens is 429 g/mol. The average Bonchev–Trinajstić information content (AvgIpc) is 2.63. The fraction of sp³-hybridized carbons (Fsp3) is 0.222. The van der Waals surface area contributed by atoms with E-state index in [-0.39, 0.29) is 10.7 Å². The van der Waals surface area contributed by atoms with Gasteiger partial charge in [0.1, 0.15) is 0 Å². The highest BCUT2D eigenvalue weighted by Gasteiger charge is 2.46. The zero-order valence-corrected chi connectivity index (χ0v) is 16.8. The number of anilines is 2. The molecule has 3 N–H and O–H groups in total. The molecule has 2 rings (SSSR count). The van der Waals surface area contributed by atoms with Crippen LogP contribution in [0.2, 0.25) is 5.02 Å². The number of benzene rings is 1. The molecule has 29 heavy (non-hydrogen) atoms. The van der Waals surface area contributed by atoms with Gasteiger partial charge in [0, 0.05) is 41.1 Å². The molecule has 0 aliphatic carbocycles. The van der Waals surface area contributed by atoms with Gasteiger partial charge in [0.05, 0.1) is 10.7 Å². The number of aryl methyl sites for hydroxylation is 1. The molecule has 1 aromatic heterocycles. The first kappa shape index (κ1) is 22.7. The van der Waals surface area contributed by atoms with Gasteiger partial charge in [-0.25, -0.2) is 0 Å². The van der Waals surface area contributed by atoms with Gasteiger partial charge in [0.25, 0.3) is 0 Å². The Bertz CT molecular complexity index is 1020. The quantitative estimate of drug-likeness (QED) is 0.494. The summed E-state index contributed by atoms with van der Waals surface area (Å²) < 4.78 is 61.3. The second-order valence-corrected chi connectivity index (χ2v) is 8.00. The predicted molar refractivity (Wildman–Crippen MR) is 109 cm³/mol. The first-order valence-electron chi connectivity index (χ1n) is 8.38. The van der Waals surface area contributed by atoms with Gasteiger partial charge >= 0.3 is 15.5 Å². The summed E-state index contributed by atoms with van der Waals surface area (Å²) in [5.41, 5.74) is -3.45. The van der Waals surface area contributed by atoms with Crippen molar-refractivity contribution in [2.75, 3.05) is 10.0 Å². The number of rotatable bonds is 8. The lowest BCUT2D eigenvalue weighted by molar-refractivity contribution is -0.0429. The molecule has 0 bridgehead atoms. The minimum absolute atomic E-state index is 0.0228. The van der Waals surface area contributed by atoms with Crippen LogP contribution in [0.25, 0.3) is 5.57 Å². The van der Waals surface area contributed by atoms with Crippen LogP contribution in [-0.2, 0) is 16.4 Å². The Morgan fingerprint density at radius 1 is 1.24 bits per heavy atom.